The van der Waals surface area contributed by atoms with Crippen molar-refractivity contribution in [2.24, 2.45) is 0 Å². The van der Waals surface area contributed by atoms with E-state index >= 15 is 0 Å². The van der Waals surface area contributed by atoms with Gasteiger partial charge in [0.25, 0.3) is 0 Å². The molecule has 0 unspecified atom stereocenters. The van der Waals surface area contributed by atoms with Gasteiger partial charge in [-0.15, -0.1) is 10.2 Å². The highest BCUT2D eigenvalue weighted by Crippen LogP contribution is 2.24. The molecule has 11 heteroatoms. The van der Waals surface area contributed by atoms with Crippen molar-refractivity contribution in [2.45, 2.75) is 25.9 Å². The van der Waals surface area contributed by atoms with Crippen molar-refractivity contribution in [1.82, 2.24) is 29.8 Å². The normalized spacial score (nSPS) is 16.5. The van der Waals surface area contributed by atoms with Gasteiger partial charge in [-0.2, -0.15) is 5.10 Å². The molecule has 3 aromatic rings. The number of anilines is 1. The first-order valence-electron chi connectivity index (χ1n) is 12.2. The lowest BCUT2D eigenvalue weighted by Gasteiger charge is -2.32. The van der Waals surface area contributed by atoms with E-state index in [9.17, 15) is 9.59 Å². The first-order chi connectivity index (χ1) is 17.6. The Labute approximate surface area is 209 Å². The minimum atomic E-state index is -0.150. The molecule has 0 bridgehead atoms. The lowest BCUT2D eigenvalue weighted by Crippen LogP contribution is -2.47. The van der Waals surface area contributed by atoms with Gasteiger partial charge in [-0.3, -0.25) is 9.69 Å². The Bertz CT molecular complexity index is 1160. The summed E-state index contributed by atoms with van der Waals surface area (Å²) in [5, 5.41) is 12.4. The van der Waals surface area contributed by atoms with Gasteiger partial charge in [0.1, 0.15) is 18.4 Å². The fourth-order valence-corrected chi connectivity index (χ4v) is 4.42. The van der Waals surface area contributed by atoms with Crippen LogP contribution in [0.15, 0.2) is 54.9 Å². The SMILES string of the molecule is CCOc1ccc(N2CCN(CC(=O)N3CCC(Oc4ccc(-n5cccn5)nn4)CC3)C2=O)cc1. The van der Waals surface area contributed by atoms with Crippen molar-refractivity contribution < 1.29 is 19.1 Å². The largest absolute Gasteiger partial charge is 0.494 e. The highest BCUT2D eigenvalue weighted by atomic mass is 16.5. The van der Waals surface area contributed by atoms with E-state index in [-0.39, 0.29) is 24.6 Å². The summed E-state index contributed by atoms with van der Waals surface area (Å²) in [5.74, 6) is 1.79. The van der Waals surface area contributed by atoms with Gasteiger partial charge in [0.2, 0.25) is 11.8 Å². The number of carbonyl (C=O) groups is 2. The third-order valence-corrected chi connectivity index (χ3v) is 6.33. The molecule has 0 N–H and O–H groups in total. The second-order valence-corrected chi connectivity index (χ2v) is 8.66. The van der Waals surface area contributed by atoms with Crippen LogP contribution in [0.25, 0.3) is 5.82 Å². The van der Waals surface area contributed by atoms with E-state index in [4.69, 9.17) is 9.47 Å². The van der Waals surface area contributed by atoms with Gasteiger partial charge >= 0.3 is 6.03 Å². The Kier molecular flexibility index (Phi) is 6.96. The number of carbonyl (C=O) groups excluding carboxylic acids is 2. The van der Waals surface area contributed by atoms with E-state index < -0.39 is 0 Å². The molecule has 2 aliphatic rings. The maximum atomic E-state index is 12.9. The number of urea groups is 1. The molecule has 0 atom stereocenters. The molecule has 0 radical (unpaired) electrons. The molecule has 2 saturated heterocycles. The number of amides is 3. The molecule has 1 aromatic carbocycles. The zero-order chi connectivity index (χ0) is 24.9. The van der Waals surface area contributed by atoms with Gasteiger partial charge < -0.3 is 19.3 Å². The number of ether oxygens (including phenoxy) is 2. The van der Waals surface area contributed by atoms with Crippen molar-refractivity contribution >= 4 is 17.6 Å². The van der Waals surface area contributed by atoms with Crippen molar-refractivity contribution in [1.29, 1.82) is 0 Å². The van der Waals surface area contributed by atoms with E-state index in [2.05, 4.69) is 15.3 Å². The highest BCUT2D eigenvalue weighted by molar-refractivity contribution is 5.96. The van der Waals surface area contributed by atoms with E-state index in [1.807, 2.05) is 37.3 Å². The zero-order valence-corrected chi connectivity index (χ0v) is 20.2. The molecule has 0 saturated carbocycles. The van der Waals surface area contributed by atoms with Gasteiger partial charge in [0.05, 0.1) is 6.61 Å². The van der Waals surface area contributed by atoms with Gasteiger partial charge in [0, 0.05) is 63.2 Å². The molecule has 188 valence electrons. The Morgan fingerprint density at radius 3 is 2.50 bits per heavy atom. The Balaban J connectivity index is 1.08. The van der Waals surface area contributed by atoms with Gasteiger partial charge in [-0.25, -0.2) is 9.48 Å². The highest BCUT2D eigenvalue weighted by Gasteiger charge is 2.33. The molecule has 0 aliphatic carbocycles. The lowest BCUT2D eigenvalue weighted by molar-refractivity contribution is -0.133. The summed E-state index contributed by atoms with van der Waals surface area (Å²) in [6.45, 7) is 4.83. The Morgan fingerprint density at radius 2 is 1.83 bits per heavy atom. The number of rotatable bonds is 8. The maximum Gasteiger partial charge on any atom is 0.325 e. The first-order valence-corrected chi connectivity index (χ1v) is 12.2. The van der Waals surface area contributed by atoms with Crippen molar-refractivity contribution in [3.63, 3.8) is 0 Å². The summed E-state index contributed by atoms with van der Waals surface area (Å²) in [7, 11) is 0. The van der Waals surface area contributed by atoms with Gasteiger partial charge in [-0.05, 0) is 43.3 Å². The summed E-state index contributed by atoms with van der Waals surface area (Å²) in [6, 6.07) is 12.7. The molecule has 3 amide bonds. The lowest BCUT2D eigenvalue weighted by atomic mass is 10.1. The topological polar surface area (TPSA) is 106 Å². The molecule has 2 aliphatic heterocycles. The van der Waals surface area contributed by atoms with Gasteiger partial charge in [0.15, 0.2) is 5.82 Å². The third-order valence-electron chi connectivity index (χ3n) is 6.33. The monoisotopic (exact) mass is 491 g/mol. The summed E-state index contributed by atoms with van der Waals surface area (Å²) in [6.07, 6.45) is 4.83. The minimum Gasteiger partial charge on any atom is -0.494 e. The van der Waals surface area contributed by atoms with Gasteiger partial charge in [-0.1, -0.05) is 0 Å². The average Bonchev–Trinajstić information content (AvgIpc) is 3.57. The molecular weight excluding hydrogens is 462 g/mol. The zero-order valence-electron chi connectivity index (χ0n) is 20.2. The van der Waals surface area contributed by atoms with E-state index in [1.165, 1.54) is 0 Å². The van der Waals surface area contributed by atoms with Crippen LogP contribution in [0.4, 0.5) is 10.5 Å². The van der Waals surface area contributed by atoms with Crippen LogP contribution in [0.5, 0.6) is 11.6 Å². The molecule has 11 nitrogen and oxygen atoms in total. The fraction of sp³-hybridized carbons (Fsp3) is 0.400. The van der Waals surface area contributed by atoms with Crippen LogP contribution < -0.4 is 14.4 Å². The first kappa shape index (κ1) is 23.6. The van der Waals surface area contributed by atoms with Crippen LogP contribution in [-0.4, -0.2) is 87.2 Å². The standard InChI is InChI=1S/C25H29N7O4/c1-2-35-20-6-4-19(5-7-20)31-17-16-30(25(31)34)18-24(33)29-14-10-21(11-15-29)36-23-9-8-22(27-28-23)32-13-3-12-26-32/h3-9,12-13,21H,2,10-11,14-18H2,1H3. The van der Waals surface area contributed by atoms with Crippen molar-refractivity contribution in [3.05, 3.63) is 54.9 Å². The van der Waals surface area contributed by atoms with Crippen molar-refractivity contribution in [3.8, 4) is 17.4 Å². The molecule has 5 rings (SSSR count). The predicted molar refractivity (Wildman–Crippen MR) is 131 cm³/mol. The number of nitrogens with zero attached hydrogens (tertiary/aromatic N) is 7. The molecule has 4 heterocycles. The number of likely N-dealkylation sites (tertiary alicyclic amines) is 1. The molecule has 2 aromatic heterocycles. The average molecular weight is 492 g/mol. The van der Waals surface area contributed by atoms with E-state index in [0.717, 1.165) is 11.4 Å². The van der Waals surface area contributed by atoms with Crippen LogP contribution in [0.3, 0.4) is 0 Å². The number of hydrogen-bond donors (Lipinski definition) is 0. The van der Waals surface area contributed by atoms with E-state index in [0.29, 0.717) is 57.3 Å². The summed E-state index contributed by atoms with van der Waals surface area (Å²) in [4.78, 5) is 30.9. The summed E-state index contributed by atoms with van der Waals surface area (Å²) in [5.41, 5.74) is 0.803. The number of aromatic nitrogens is 4. The number of benzene rings is 1. The van der Waals surface area contributed by atoms with E-state index in [1.54, 1.807) is 43.9 Å². The quantitative estimate of drug-likeness (QED) is 0.476. The predicted octanol–water partition coefficient (Wildman–Crippen LogP) is 2.37. The third kappa shape index (κ3) is 5.24. The van der Waals surface area contributed by atoms with Crippen molar-refractivity contribution in [2.75, 3.05) is 44.2 Å². The molecule has 36 heavy (non-hydrogen) atoms. The Morgan fingerprint density at radius 1 is 1.03 bits per heavy atom. The smallest absolute Gasteiger partial charge is 0.325 e. The minimum absolute atomic E-state index is 0.0394. The number of piperidine rings is 1. The molecular formula is C25H29N7O4. The summed E-state index contributed by atoms with van der Waals surface area (Å²) >= 11 is 0. The number of hydrogen-bond acceptors (Lipinski definition) is 7. The van der Waals surface area contributed by atoms with Crippen LogP contribution >= 0.6 is 0 Å². The van der Waals surface area contributed by atoms with Crippen LogP contribution in [-0.2, 0) is 4.79 Å². The molecule has 0 spiro atoms. The maximum absolute atomic E-state index is 12.9. The van der Waals surface area contributed by atoms with Crippen LogP contribution in [0.2, 0.25) is 0 Å². The fourth-order valence-electron chi connectivity index (χ4n) is 4.42. The Hall–Kier alpha value is -4.15. The van der Waals surface area contributed by atoms with Crippen LogP contribution in [0.1, 0.15) is 19.8 Å². The second-order valence-electron chi connectivity index (χ2n) is 8.66. The van der Waals surface area contributed by atoms with Crippen LogP contribution in [0, 0.1) is 0 Å². The second kappa shape index (κ2) is 10.6. The summed E-state index contributed by atoms with van der Waals surface area (Å²) < 4.78 is 13.1. The molecule has 2 fully saturated rings.